The van der Waals surface area contributed by atoms with Gasteiger partial charge < -0.3 is 135 Å². The largest absolute Gasteiger partial charge is 0.481 e. The Kier molecular flexibility index (Phi) is 75.4. The van der Waals surface area contributed by atoms with Crippen molar-refractivity contribution >= 4 is 130 Å². The number of rotatable bonds is 88. The van der Waals surface area contributed by atoms with Crippen LogP contribution in [-0.4, -0.2) is 281 Å². The predicted octanol–water partition coefficient (Wildman–Crippen LogP) is 2.51. The molecule has 32 N–H and O–H groups in total. The Balaban J connectivity index is 3.71. The minimum atomic E-state index is -1.92. The molecule has 14 atom stereocenters. The molecule has 0 radical (unpaired) electrons. The van der Waals surface area contributed by atoms with Gasteiger partial charge in [-0.05, 0) is 204 Å². The van der Waals surface area contributed by atoms with Crippen LogP contribution in [0.3, 0.4) is 0 Å². The number of thioether (sulfide) groups is 2. The fourth-order valence-electron chi connectivity index (χ4n) is 16.8. The number of carboxylic acids is 1. The van der Waals surface area contributed by atoms with Crippen LogP contribution < -0.4 is 115 Å². The van der Waals surface area contributed by atoms with Crippen LogP contribution in [0, 0.1) is 11.8 Å². The van der Waals surface area contributed by atoms with Gasteiger partial charge in [-0.2, -0.15) is 23.5 Å². The number of nitrogens with one attached hydrogen (secondary N) is 14. The van der Waals surface area contributed by atoms with Crippen molar-refractivity contribution in [1.82, 2.24) is 74.4 Å². The highest BCUT2D eigenvalue weighted by Crippen LogP contribution is 2.29. The van der Waals surface area contributed by atoms with Gasteiger partial charge in [0.2, 0.25) is 94.5 Å². The number of aliphatic imine (C=N–C) groups is 1. The normalized spacial score (nSPS) is 15.8. The van der Waals surface area contributed by atoms with E-state index in [1.54, 1.807) is 20.1 Å². The number of primary amides is 2. The number of unbranched alkanes of at least 4 members (excludes halogenated alkanes) is 26. The lowest BCUT2D eigenvalue weighted by Gasteiger charge is -2.30. The molecule has 1 unspecified atom stereocenters. The third kappa shape index (κ3) is 62.6. The van der Waals surface area contributed by atoms with Gasteiger partial charge in [-0.25, -0.2) is 0 Å². The Morgan fingerprint density at radius 1 is 0.354 bits per heavy atom. The Bertz CT molecular complexity index is 3780. The molecule has 144 heavy (non-hydrogen) atoms. The molecule has 16 amide bonds. The molecule has 1 aliphatic carbocycles. The van der Waals surface area contributed by atoms with Gasteiger partial charge in [0, 0.05) is 19.4 Å². The number of carbonyl (C=O) groups is 17. The molecule has 1 aliphatic rings. The van der Waals surface area contributed by atoms with Crippen molar-refractivity contribution in [3.63, 3.8) is 0 Å². The quantitative estimate of drug-likeness (QED) is 0.0236. The van der Waals surface area contributed by atoms with Crippen LogP contribution >= 0.6 is 23.5 Å². The maximum atomic E-state index is 14.9. The van der Waals surface area contributed by atoms with E-state index >= 15 is 0 Å². The standard InChI is InChI=1S/C99H184N22O21S2/c1-8-10-12-14-16-18-20-21-22-24-25-27-29-31-41-70(109-82(126)45-32-30-28-26-23-19-17-15-13-11-9-2)88(132)116-75(52-58-143-6)87(131)108-63-83(127)110-78(61-67-46-48-68(124)49-47-67)95(139)115-74(50-51-81(103)125)92(136)113-71(42-34-37-55-101)89(133)112-72(43-35-38-56-102)90(134)118-77(60-65(3)4)94(138)114-73(44-39-57-107-99(105)106)91(135)120-80(64-122)97(141)117-76(53-59-144-7)93(137)121-85(66(5)123)98(142)119-79(62-84(128)129)96(140)111-69(86(104)130)40-33-36-54-100/h65-80,85,122-124H,8-64,100-102H2,1-7H3,(H2,103,125)(H2,104,130)(H,108,131)(H,109,126)(H,110,127)(H,111,140)(H,112,133)(H,113,136)(H,114,138)(H,115,139)(H,116,132)(H,117,141)(H,118,134)(H,119,142)(H,120,135)(H,121,137)(H,128,129)(H4,105,106,107)/t66-,67?,68?,69+,70?,71+,72+,73+,74+,75+,76+,77+,78+,79+,80+,85+/m1/s1. The lowest BCUT2D eigenvalue weighted by atomic mass is 9.83. The molecule has 1 saturated carbocycles. The number of hydrogen-bond acceptors (Lipinski definition) is 26. The second-order valence-corrected chi connectivity index (χ2v) is 40.5. The van der Waals surface area contributed by atoms with Crippen molar-refractivity contribution < 1.29 is 102 Å². The minimum absolute atomic E-state index is 0.00686. The summed E-state index contributed by atoms with van der Waals surface area (Å²) in [6, 6.07) is -19.7. The number of aliphatic carboxylic acids is 1. The number of aliphatic hydroxyl groups is 3. The molecule has 0 aromatic rings. The Morgan fingerprint density at radius 2 is 0.688 bits per heavy atom. The molecule has 0 aromatic heterocycles. The molecular formula is C99H184N22O21S2. The van der Waals surface area contributed by atoms with Crippen LogP contribution in [0.2, 0.25) is 0 Å². The highest BCUT2D eigenvalue weighted by Gasteiger charge is 2.40. The Labute approximate surface area is 862 Å². The van der Waals surface area contributed by atoms with Gasteiger partial charge >= 0.3 is 5.97 Å². The highest BCUT2D eigenvalue weighted by atomic mass is 32.2. The lowest BCUT2D eigenvalue weighted by molar-refractivity contribution is -0.142. The maximum Gasteiger partial charge on any atom is 0.305 e. The zero-order valence-electron chi connectivity index (χ0n) is 87.2. The van der Waals surface area contributed by atoms with Gasteiger partial charge in [0.05, 0.1) is 31.8 Å². The lowest BCUT2D eigenvalue weighted by Crippen LogP contribution is -2.62. The van der Waals surface area contributed by atoms with E-state index in [1.165, 1.54) is 120 Å². The molecule has 1 fully saturated rings. The van der Waals surface area contributed by atoms with E-state index in [2.05, 4.69) is 93.3 Å². The third-order valence-electron chi connectivity index (χ3n) is 25.3. The number of nitrogens with zero attached hydrogens (tertiary/aromatic N) is 1. The van der Waals surface area contributed by atoms with Crippen molar-refractivity contribution in [2.75, 3.05) is 63.3 Å². The first kappa shape index (κ1) is 133. The SMILES string of the molecule is CCCCCCCCCCCCCCCCC(NC(=O)CCCCCCCCCCCCC)C(=O)N[C@@H](CCSC)C(=O)NCC(=O)N[C@@H](CC1CCC(O)CC1)C(=O)N[C@@H](CCC(N)=O)C(=O)N[C@@H](CCCCN)C(=O)N[C@@H](CCCCN)C(=O)N[C@@H](CC(C)C)C(=O)N[C@@H](CCCN=C(N)N)C(=O)N[C@@H](CO)C(=O)N[C@@H](CCSC)C(=O)N[C@H](C(=O)N[C@@H](CC(=O)O)C(=O)N[C@@H](CCCCN)C(N)=O)[C@@H](C)O. The Hall–Kier alpha value is -9.28. The molecule has 0 aromatic carbocycles. The second-order valence-electron chi connectivity index (χ2n) is 38.6. The zero-order chi connectivity index (χ0) is 108. The van der Waals surface area contributed by atoms with Crippen molar-refractivity contribution in [1.29, 1.82) is 0 Å². The predicted molar refractivity (Wildman–Crippen MR) is 559 cm³/mol. The van der Waals surface area contributed by atoms with Gasteiger partial charge in [0.15, 0.2) is 5.96 Å². The number of carboxylic acid groups (broad SMARTS) is 1. The van der Waals surface area contributed by atoms with Crippen molar-refractivity contribution in [2.24, 2.45) is 57.0 Å². The number of aliphatic hydroxyl groups excluding tert-OH is 3. The van der Waals surface area contributed by atoms with Crippen LogP contribution in [0.15, 0.2) is 4.99 Å². The molecule has 0 aliphatic heterocycles. The molecule has 0 bridgehead atoms. The van der Waals surface area contributed by atoms with Crippen molar-refractivity contribution in [3.8, 4) is 0 Å². The summed E-state index contributed by atoms with van der Waals surface area (Å²) in [6.45, 7) is 7.63. The molecule has 0 saturated heterocycles. The summed E-state index contributed by atoms with van der Waals surface area (Å²) in [6.07, 6.45) is 31.1. The van der Waals surface area contributed by atoms with Gasteiger partial charge in [-0.1, -0.05) is 182 Å². The Morgan fingerprint density at radius 3 is 1.09 bits per heavy atom. The first-order valence-corrected chi connectivity index (χ1v) is 55.7. The van der Waals surface area contributed by atoms with Gasteiger partial charge in [0.25, 0.3) is 0 Å². The summed E-state index contributed by atoms with van der Waals surface area (Å²) in [5.74, 6) is -16.5. The monoisotopic (exact) mass is 2080 g/mol. The van der Waals surface area contributed by atoms with E-state index in [4.69, 9.17) is 40.1 Å². The van der Waals surface area contributed by atoms with E-state index in [0.29, 0.717) is 76.4 Å². The zero-order valence-corrected chi connectivity index (χ0v) is 88.8. The fourth-order valence-corrected chi connectivity index (χ4v) is 17.7. The molecule has 828 valence electrons. The number of guanidine groups is 1. The summed E-state index contributed by atoms with van der Waals surface area (Å²) >= 11 is 2.66. The fraction of sp³-hybridized carbons (Fsp3) is 0.818. The van der Waals surface area contributed by atoms with Crippen molar-refractivity contribution in [3.05, 3.63) is 0 Å². The van der Waals surface area contributed by atoms with Crippen molar-refractivity contribution in [2.45, 2.75) is 440 Å². The van der Waals surface area contributed by atoms with E-state index in [9.17, 15) is 102 Å². The highest BCUT2D eigenvalue weighted by molar-refractivity contribution is 7.98. The number of nitrogens with two attached hydrogens (primary N) is 7. The van der Waals surface area contributed by atoms with Gasteiger partial charge in [-0.15, -0.1) is 0 Å². The van der Waals surface area contributed by atoms with Gasteiger partial charge in [0.1, 0.15) is 78.5 Å². The van der Waals surface area contributed by atoms with E-state index in [-0.39, 0.29) is 133 Å². The molecule has 45 heteroatoms. The average molecular weight is 2080 g/mol. The number of hydrogen-bond donors (Lipinski definition) is 25. The summed E-state index contributed by atoms with van der Waals surface area (Å²) < 4.78 is 0. The summed E-state index contributed by atoms with van der Waals surface area (Å²) in [5.41, 5.74) is 39.8. The smallest absolute Gasteiger partial charge is 0.305 e. The minimum Gasteiger partial charge on any atom is -0.481 e. The van der Waals surface area contributed by atoms with Crippen LogP contribution in [0.4, 0.5) is 0 Å². The van der Waals surface area contributed by atoms with Crippen LogP contribution in [-0.2, 0) is 81.5 Å². The van der Waals surface area contributed by atoms with Gasteiger partial charge in [-0.3, -0.25) is 86.5 Å². The molecular weight excluding hydrogens is 1900 g/mol. The van der Waals surface area contributed by atoms with E-state index in [1.807, 2.05) is 6.26 Å². The summed E-state index contributed by atoms with van der Waals surface area (Å²) in [5, 5.41) is 78.0. The molecule has 0 spiro atoms. The number of carbonyl (C=O) groups excluding carboxylic acids is 16. The summed E-state index contributed by atoms with van der Waals surface area (Å²) in [7, 11) is 0. The van der Waals surface area contributed by atoms with Crippen LogP contribution in [0.1, 0.15) is 349 Å². The molecule has 43 nitrogen and oxygen atoms in total. The first-order valence-electron chi connectivity index (χ1n) is 52.9. The molecule has 0 heterocycles. The summed E-state index contributed by atoms with van der Waals surface area (Å²) in [4.78, 5) is 242. The molecule has 1 rings (SSSR count). The number of amides is 16. The van der Waals surface area contributed by atoms with E-state index in [0.717, 1.165) is 58.3 Å². The first-order chi connectivity index (χ1) is 68.8. The van der Waals surface area contributed by atoms with Crippen LogP contribution in [0.25, 0.3) is 0 Å². The third-order valence-corrected chi connectivity index (χ3v) is 26.6. The maximum absolute atomic E-state index is 14.9. The second kappa shape index (κ2) is 81.8. The average Bonchev–Trinajstić information content (AvgIpc) is 0.808. The topological polar surface area (TPSA) is 734 Å². The van der Waals surface area contributed by atoms with E-state index < -0.39 is 218 Å². The van der Waals surface area contributed by atoms with Crippen LogP contribution in [0.5, 0.6) is 0 Å².